The molecular formula is C21H26F4N6O2S. The molecule has 3 saturated heterocycles. The van der Waals surface area contributed by atoms with Gasteiger partial charge in [0.1, 0.15) is 0 Å². The highest BCUT2D eigenvalue weighted by molar-refractivity contribution is 7.88. The Hall–Kier alpha value is -2.25. The highest BCUT2D eigenvalue weighted by Crippen LogP contribution is 2.48. The van der Waals surface area contributed by atoms with E-state index in [4.69, 9.17) is 0 Å². The number of hydrogen-bond donors (Lipinski definition) is 2. The van der Waals surface area contributed by atoms with Crippen LogP contribution in [0.5, 0.6) is 0 Å². The third-order valence-corrected chi connectivity index (χ3v) is 8.42. The Bertz CT molecular complexity index is 1200. The molecule has 0 atom stereocenters. The molecule has 0 saturated carbocycles. The van der Waals surface area contributed by atoms with Crippen LogP contribution in [0.1, 0.15) is 24.8 Å². The first-order chi connectivity index (χ1) is 16.0. The van der Waals surface area contributed by atoms with Crippen LogP contribution in [-0.2, 0) is 10.0 Å². The van der Waals surface area contributed by atoms with E-state index in [1.807, 2.05) is 0 Å². The van der Waals surface area contributed by atoms with Gasteiger partial charge in [0.15, 0.2) is 0 Å². The fourth-order valence-corrected chi connectivity index (χ4v) is 5.89. The third-order valence-electron chi connectivity index (χ3n) is 7.12. The van der Waals surface area contributed by atoms with Crippen LogP contribution in [-0.4, -0.2) is 80.2 Å². The summed E-state index contributed by atoms with van der Waals surface area (Å²) in [5, 5.41) is 6.44. The summed E-state index contributed by atoms with van der Waals surface area (Å²) in [4.78, 5) is 10.2. The molecule has 0 bridgehead atoms. The second-order valence-corrected chi connectivity index (χ2v) is 11.5. The fourth-order valence-electron chi connectivity index (χ4n) is 5.01. The zero-order chi connectivity index (χ0) is 24.3. The van der Waals surface area contributed by atoms with Crippen LogP contribution >= 0.6 is 0 Å². The average Bonchev–Trinajstić information content (AvgIpc) is 3.04. The summed E-state index contributed by atoms with van der Waals surface area (Å²) < 4.78 is 81.6. The van der Waals surface area contributed by atoms with Crippen molar-refractivity contribution in [2.45, 2.75) is 31.2 Å². The molecule has 0 unspecified atom stereocenters. The molecule has 3 aliphatic rings. The fraction of sp³-hybridized carbons (Fsp3) is 0.619. The molecule has 1 aromatic carbocycles. The maximum Gasteiger partial charge on any atom is 0.274 e. The molecule has 1 aromatic heterocycles. The van der Waals surface area contributed by atoms with Gasteiger partial charge in [-0.1, -0.05) is 0 Å². The van der Waals surface area contributed by atoms with Crippen molar-refractivity contribution in [2.24, 2.45) is 5.41 Å². The van der Waals surface area contributed by atoms with Gasteiger partial charge in [-0.2, -0.15) is 0 Å². The van der Waals surface area contributed by atoms with E-state index in [1.165, 1.54) is 33.8 Å². The quantitative estimate of drug-likeness (QED) is 0.607. The van der Waals surface area contributed by atoms with Crippen LogP contribution in [0.2, 0.25) is 0 Å². The molecule has 2 aromatic rings. The molecule has 4 heterocycles. The Labute approximate surface area is 194 Å². The molecule has 3 fully saturated rings. The van der Waals surface area contributed by atoms with Gasteiger partial charge in [0.05, 0.1) is 29.4 Å². The van der Waals surface area contributed by atoms with Gasteiger partial charge >= 0.3 is 0 Å². The first kappa shape index (κ1) is 23.5. The lowest BCUT2D eigenvalue weighted by Gasteiger charge is -2.42. The van der Waals surface area contributed by atoms with E-state index in [1.54, 1.807) is 0 Å². The van der Waals surface area contributed by atoms with E-state index in [-0.39, 0.29) is 42.9 Å². The number of hydrogen-bond acceptors (Lipinski definition) is 7. The van der Waals surface area contributed by atoms with Gasteiger partial charge in [0.2, 0.25) is 16.0 Å². The van der Waals surface area contributed by atoms with Gasteiger partial charge in [-0.15, -0.1) is 0 Å². The van der Waals surface area contributed by atoms with Crippen LogP contribution in [0.4, 0.5) is 29.2 Å². The molecule has 0 amide bonds. The minimum absolute atomic E-state index is 0.0471. The first-order valence-corrected chi connectivity index (χ1v) is 13.0. The predicted molar refractivity (Wildman–Crippen MR) is 120 cm³/mol. The minimum atomic E-state index is -3.25. The lowest BCUT2D eigenvalue weighted by atomic mass is 9.78. The van der Waals surface area contributed by atoms with Crippen LogP contribution in [0, 0.1) is 5.41 Å². The summed E-state index contributed by atoms with van der Waals surface area (Å²) in [6.07, 6.45) is 0.941. The van der Waals surface area contributed by atoms with Gasteiger partial charge in [-0.05, 0) is 25.0 Å². The van der Waals surface area contributed by atoms with Crippen LogP contribution in [0.15, 0.2) is 18.3 Å². The minimum Gasteiger partial charge on any atom is -0.363 e. The van der Waals surface area contributed by atoms with Crippen molar-refractivity contribution in [3.8, 4) is 0 Å². The van der Waals surface area contributed by atoms with Gasteiger partial charge in [0.25, 0.3) is 12.3 Å². The number of rotatable bonds is 5. The SMILES string of the molecule is CS(=O)(=O)N1CCC(Nc2ncc3cc(C(F)F)cc(N4CC(F)(F)C5(CNC5)C4)c3n2)CC1. The molecule has 0 aliphatic carbocycles. The molecule has 2 N–H and O–H groups in total. The van der Waals surface area contributed by atoms with Crippen LogP contribution < -0.4 is 15.5 Å². The predicted octanol–water partition coefficient (Wildman–Crippen LogP) is 2.45. The normalized spacial score (nSPS) is 23.1. The smallest absolute Gasteiger partial charge is 0.274 e. The lowest BCUT2D eigenvalue weighted by Crippen LogP contribution is -2.62. The monoisotopic (exact) mass is 502 g/mol. The standard InChI is InChI=1S/C21H26F4N6O2S/c1-34(32,33)31-4-2-15(3-5-31)28-19-27-8-14-6-13(18(22)23)7-16(17(14)29-19)30-11-20(9-26-10-20)21(24,25)12-30/h6-8,15,18,26H,2-5,9-12H2,1H3,(H,27,28,29). The van der Waals surface area contributed by atoms with Gasteiger partial charge in [0, 0.05) is 55.9 Å². The van der Waals surface area contributed by atoms with Crippen molar-refractivity contribution in [1.29, 1.82) is 0 Å². The second-order valence-electron chi connectivity index (χ2n) is 9.50. The maximum absolute atomic E-state index is 14.8. The van der Waals surface area contributed by atoms with Crippen molar-refractivity contribution in [3.63, 3.8) is 0 Å². The Kier molecular flexibility index (Phi) is 5.64. The van der Waals surface area contributed by atoms with E-state index in [2.05, 4.69) is 20.6 Å². The molecule has 0 radical (unpaired) electrons. The largest absolute Gasteiger partial charge is 0.363 e. The van der Waals surface area contributed by atoms with Crippen molar-refractivity contribution < 1.29 is 26.0 Å². The summed E-state index contributed by atoms with van der Waals surface area (Å²) in [6, 6.07) is 2.46. The summed E-state index contributed by atoms with van der Waals surface area (Å²) in [7, 11) is -3.25. The summed E-state index contributed by atoms with van der Waals surface area (Å²) in [6.45, 7) is 0.574. The Morgan fingerprint density at radius 2 is 1.88 bits per heavy atom. The van der Waals surface area contributed by atoms with Gasteiger partial charge < -0.3 is 15.5 Å². The summed E-state index contributed by atoms with van der Waals surface area (Å²) in [5.41, 5.74) is -0.901. The Balaban J connectivity index is 1.44. The molecular weight excluding hydrogens is 476 g/mol. The Morgan fingerprint density at radius 3 is 2.44 bits per heavy atom. The number of aromatic nitrogens is 2. The zero-order valence-electron chi connectivity index (χ0n) is 18.6. The molecule has 8 nitrogen and oxygen atoms in total. The maximum atomic E-state index is 14.8. The van der Waals surface area contributed by atoms with Crippen LogP contribution in [0.3, 0.4) is 0 Å². The second kappa shape index (κ2) is 8.16. The molecule has 5 rings (SSSR count). The molecule has 34 heavy (non-hydrogen) atoms. The zero-order valence-corrected chi connectivity index (χ0v) is 19.4. The highest BCUT2D eigenvalue weighted by atomic mass is 32.2. The van der Waals surface area contributed by atoms with Crippen molar-refractivity contribution in [1.82, 2.24) is 19.6 Å². The van der Waals surface area contributed by atoms with E-state index >= 15 is 0 Å². The van der Waals surface area contributed by atoms with E-state index < -0.39 is 34.3 Å². The molecule has 3 aliphatic heterocycles. The number of sulfonamides is 1. The Morgan fingerprint density at radius 1 is 1.18 bits per heavy atom. The highest BCUT2D eigenvalue weighted by Gasteiger charge is 2.63. The van der Waals surface area contributed by atoms with Crippen molar-refractivity contribution in [3.05, 3.63) is 23.9 Å². The molecule has 13 heteroatoms. The van der Waals surface area contributed by atoms with Crippen molar-refractivity contribution >= 4 is 32.6 Å². The average molecular weight is 503 g/mol. The van der Waals surface area contributed by atoms with Gasteiger partial charge in [-0.25, -0.2) is 40.3 Å². The van der Waals surface area contributed by atoms with E-state index in [9.17, 15) is 26.0 Å². The number of anilines is 2. The lowest BCUT2D eigenvalue weighted by molar-refractivity contribution is -0.107. The third kappa shape index (κ3) is 4.07. The molecule has 186 valence electrons. The number of nitrogens with one attached hydrogen (secondary N) is 2. The number of fused-ring (bicyclic) bond motifs is 1. The summed E-state index contributed by atoms with van der Waals surface area (Å²) >= 11 is 0. The van der Waals surface area contributed by atoms with E-state index in [0.717, 1.165) is 0 Å². The number of alkyl halides is 4. The number of nitrogens with zero attached hydrogens (tertiary/aromatic N) is 4. The van der Waals surface area contributed by atoms with Crippen LogP contribution in [0.25, 0.3) is 10.9 Å². The van der Waals surface area contributed by atoms with Gasteiger partial charge in [-0.3, -0.25) is 0 Å². The number of halogens is 4. The molecule has 1 spiro atoms. The summed E-state index contributed by atoms with van der Waals surface area (Å²) in [5.74, 6) is -2.70. The number of piperidine rings is 1. The van der Waals surface area contributed by atoms with E-state index in [0.29, 0.717) is 36.8 Å². The van der Waals surface area contributed by atoms with Crippen molar-refractivity contribution in [2.75, 3.05) is 55.7 Å². The number of benzene rings is 1. The first-order valence-electron chi connectivity index (χ1n) is 11.1. The topological polar surface area (TPSA) is 90.5 Å².